The first-order valence-corrected chi connectivity index (χ1v) is 4.08. The lowest BCUT2D eigenvalue weighted by Crippen LogP contribution is -2.10. The molecular formula is C8H15NO3. The summed E-state index contributed by atoms with van der Waals surface area (Å²) in [7, 11) is 0. The molecule has 0 saturated heterocycles. The monoisotopic (exact) mass is 173 g/mol. The molecule has 12 heavy (non-hydrogen) atoms. The Balaban J connectivity index is 3.26. The van der Waals surface area contributed by atoms with Gasteiger partial charge in [-0.15, -0.1) is 0 Å². The van der Waals surface area contributed by atoms with Gasteiger partial charge in [-0.3, -0.25) is 10.2 Å². The van der Waals surface area contributed by atoms with Crippen LogP contribution in [0.5, 0.6) is 0 Å². The highest BCUT2D eigenvalue weighted by Gasteiger charge is 2.03. The molecule has 0 aromatic heterocycles. The molecule has 0 amide bonds. The van der Waals surface area contributed by atoms with Gasteiger partial charge in [-0.25, -0.2) is 0 Å². The molecule has 4 nitrogen and oxygen atoms in total. The molecule has 0 unspecified atom stereocenters. The zero-order valence-electron chi connectivity index (χ0n) is 7.30. The van der Waals surface area contributed by atoms with E-state index in [-0.39, 0.29) is 12.3 Å². The van der Waals surface area contributed by atoms with Gasteiger partial charge in [-0.05, 0) is 6.42 Å². The zero-order valence-corrected chi connectivity index (χ0v) is 7.30. The molecule has 0 fully saturated rings. The maximum atomic E-state index is 10.1. The normalized spacial score (nSPS) is 9.42. The van der Waals surface area contributed by atoms with E-state index in [0.717, 1.165) is 19.3 Å². The van der Waals surface area contributed by atoms with Gasteiger partial charge in [-0.1, -0.05) is 19.8 Å². The van der Waals surface area contributed by atoms with Crippen LogP contribution in [0, 0.1) is 5.41 Å². The van der Waals surface area contributed by atoms with Gasteiger partial charge in [0.15, 0.2) is 5.90 Å². The molecule has 0 heterocycles. The fourth-order valence-corrected chi connectivity index (χ4v) is 0.736. The Morgan fingerprint density at radius 1 is 1.50 bits per heavy atom. The fraction of sp³-hybridized carbons (Fsp3) is 0.750. The largest absolute Gasteiger partial charge is 0.481 e. The van der Waals surface area contributed by atoms with Gasteiger partial charge in [0, 0.05) is 0 Å². The third kappa shape index (κ3) is 7.05. The second-order valence-corrected chi connectivity index (χ2v) is 2.55. The van der Waals surface area contributed by atoms with E-state index < -0.39 is 5.97 Å². The van der Waals surface area contributed by atoms with Crippen molar-refractivity contribution in [3.8, 4) is 0 Å². The van der Waals surface area contributed by atoms with E-state index in [1.807, 2.05) is 0 Å². The van der Waals surface area contributed by atoms with Crippen molar-refractivity contribution in [2.45, 2.75) is 32.6 Å². The molecule has 0 aliphatic rings. The van der Waals surface area contributed by atoms with Crippen molar-refractivity contribution >= 4 is 11.9 Å². The fourth-order valence-electron chi connectivity index (χ4n) is 0.736. The highest BCUT2D eigenvalue weighted by atomic mass is 16.5. The lowest BCUT2D eigenvalue weighted by atomic mass is 10.3. The minimum atomic E-state index is -1.02. The molecule has 70 valence electrons. The minimum Gasteiger partial charge on any atom is -0.481 e. The van der Waals surface area contributed by atoms with Crippen LogP contribution in [0.3, 0.4) is 0 Å². The summed E-state index contributed by atoms with van der Waals surface area (Å²) in [6.07, 6.45) is 2.72. The van der Waals surface area contributed by atoms with Gasteiger partial charge in [0.2, 0.25) is 0 Å². The van der Waals surface area contributed by atoms with Gasteiger partial charge < -0.3 is 9.84 Å². The van der Waals surface area contributed by atoms with Crippen LogP contribution in [-0.2, 0) is 9.53 Å². The van der Waals surface area contributed by atoms with Crippen LogP contribution in [0.2, 0.25) is 0 Å². The van der Waals surface area contributed by atoms with Crippen molar-refractivity contribution in [3.63, 3.8) is 0 Å². The third-order valence-corrected chi connectivity index (χ3v) is 1.34. The quantitative estimate of drug-likeness (QED) is 0.364. The number of unbranched alkanes of at least 4 members (excludes halogenated alkanes) is 2. The summed E-state index contributed by atoms with van der Waals surface area (Å²) in [5.41, 5.74) is 0. The Kier molecular flexibility index (Phi) is 6.05. The summed E-state index contributed by atoms with van der Waals surface area (Å²) >= 11 is 0. The maximum absolute atomic E-state index is 10.1. The number of carbonyl (C=O) groups is 1. The number of carboxylic acid groups (broad SMARTS) is 1. The standard InChI is InChI=1S/C8H15NO3/c1-2-3-4-5-12-7(9)6-8(10)11/h9H,2-6H2,1H3,(H,10,11). The van der Waals surface area contributed by atoms with Crippen molar-refractivity contribution in [3.05, 3.63) is 0 Å². The van der Waals surface area contributed by atoms with Gasteiger partial charge in [0.05, 0.1) is 6.61 Å². The predicted molar refractivity (Wildman–Crippen MR) is 45.5 cm³/mol. The summed E-state index contributed by atoms with van der Waals surface area (Å²) in [4.78, 5) is 10.1. The first-order chi connectivity index (χ1) is 5.66. The Morgan fingerprint density at radius 3 is 2.67 bits per heavy atom. The summed E-state index contributed by atoms with van der Waals surface area (Å²) in [6.45, 7) is 2.53. The minimum absolute atomic E-state index is 0.154. The van der Waals surface area contributed by atoms with Gasteiger partial charge >= 0.3 is 5.97 Å². The first kappa shape index (κ1) is 10.9. The van der Waals surface area contributed by atoms with E-state index in [4.69, 9.17) is 15.3 Å². The number of hydrogen-bond donors (Lipinski definition) is 2. The molecule has 0 rings (SSSR count). The summed E-state index contributed by atoms with van der Waals surface area (Å²) in [5, 5.41) is 15.3. The van der Waals surface area contributed by atoms with Crippen LogP contribution in [0.4, 0.5) is 0 Å². The van der Waals surface area contributed by atoms with E-state index in [2.05, 4.69) is 6.92 Å². The van der Waals surface area contributed by atoms with Crippen LogP contribution >= 0.6 is 0 Å². The Bertz CT molecular complexity index is 156. The number of ether oxygens (including phenoxy) is 1. The average Bonchev–Trinajstić information content (AvgIpc) is 1.97. The van der Waals surface area contributed by atoms with E-state index in [1.54, 1.807) is 0 Å². The van der Waals surface area contributed by atoms with Crippen molar-refractivity contribution in [1.29, 1.82) is 5.41 Å². The number of rotatable bonds is 6. The van der Waals surface area contributed by atoms with Crippen molar-refractivity contribution in [2.75, 3.05) is 6.61 Å². The highest BCUT2D eigenvalue weighted by Crippen LogP contribution is 1.95. The molecule has 0 bridgehead atoms. The maximum Gasteiger partial charge on any atom is 0.312 e. The highest BCUT2D eigenvalue weighted by molar-refractivity contribution is 5.91. The second kappa shape index (κ2) is 6.64. The Hall–Kier alpha value is -1.06. The molecule has 4 heteroatoms. The van der Waals surface area contributed by atoms with E-state index >= 15 is 0 Å². The van der Waals surface area contributed by atoms with E-state index in [9.17, 15) is 4.79 Å². The van der Waals surface area contributed by atoms with Crippen molar-refractivity contribution in [2.24, 2.45) is 0 Å². The topological polar surface area (TPSA) is 70.4 Å². The molecule has 0 saturated carbocycles. The number of carboxylic acids is 1. The molecular weight excluding hydrogens is 158 g/mol. The lowest BCUT2D eigenvalue weighted by Gasteiger charge is -2.03. The van der Waals surface area contributed by atoms with Crippen LogP contribution in [-0.4, -0.2) is 23.6 Å². The van der Waals surface area contributed by atoms with Gasteiger partial charge in [0.25, 0.3) is 0 Å². The van der Waals surface area contributed by atoms with E-state index in [0.29, 0.717) is 6.61 Å². The van der Waals surface area contributed by atoms with Gasteiger partial charge in [0.1, 0.15) is 6.42 Å². The number of hydrogen-bond acceptors (Lipinski definition) is 3. The smallest absolute Gasteiger partial charge is 0.312 e. The molecule has 0 spiro atoms. The summed E-state index contributed by atoms with van der Waals surface area (Å²) in [5.74, 6) is -1.17. The molecule has 0 aliphatic heterocycles. The zero-order chi connectivity index (χ0) is 9.40. The predicted octanol–water partition coefficient (Wildman–Crippen LogP) is 1.65. The molecule has 0 aliphatic carbocycles. The number of nitrogens with one attached hydrogen (secondary N) is 1. The van der Waals surface area contributed by atoms with Crippen LogP contribution in [0.25, 0.3) is 0 Å². The lowest BCUT2D eigenvalue weighted by molar-refractivity contribution is -0.135. The van der Waals surface area contributed by atoms with Crippen molar-refractivity contribution in [1.82, 2.24) is 0 Å². The number of aliphatic carboxylic acids is 1. The molecule has 0 radical (unpaired) electrons. The molecule has 0 atom stereocenters. The third-order valence-electron chi connectivity index (χ3n) is 1.34. The summed E-state index contributed by atoms with van der Waals surface area (Å²) in [6, 6.07) is 0. The van der Waals surface area contributed by atoms with Crippen LogP contribution in [0.1, 0.15) is 32.6 Å². The first-order valence-electron chi connectivity index (χ1n) is 4.08. The molecule has 0 aromatic rings. The van der Waals surface area contributed by atoms with Gasteiger partial charge in [-0.2, -0.15) is 0 Å². The Labute approximate surface area is 72.0 Å². The SMILES string of the molecule is CCCCCOC(=N)CC(=O)O. The molecule has 2 N–H and O–H groups in total. The second-order valence-electron chi connectivity index (χ2n) is 2.55. The van der Waals surface area contributed by atoms with E-state index in [1.165, 1.54) is 0 Å². The summed E-state index contributed by atoms with van der Waals surface area (Å²) < 4.78 is 4.86. The van der Waals surface area contributed by atoms with Crippen LogP contribution in [0.15, 0.2) is 0 Å². The Morgan fingerprint density at radius 2 is 2.17 bits per heavy atom. The molecule has 0 aromatic carbocycles. The average molecular weight is 173 g/mol. The van der Waals surface area contributed by atoms with Crippen LogP contribution < -0.4 is 0 Å². The van der Waals surface area contributed by atoms with Crippen molar-refractivity contribution < 1.29 is 14.6 Å².